The van der Waals surface area contributed by atoms with Gasteiger partial charge in [0.1, 0.15) is 30.0 Å². The summed E-state index contributed by atoms with van der Waals surface area (Å²) in [5.41, 5.74) is 2.20. The SMILES string of the molecule is C=CC(=O)NC[C@H](NC(=O)[C@H](C)NC)C(=O)N1CCC[C@H]1C(=O)NCc1cccc(NC(=O)C=C)c1.CN[C@@H](C)C(=O)N[C@H](C(=O)N1CCC[C@H]1C(=O)NCc1cccc(NC(=O)C2CC(=O)C2)c1)C(C)(C)C. The molecule has 2 aromatic rings. The molecule has 3 fully saturated rings. The number of hydrogen-bond donors (Lipinski definition) is 9. The van der Waals surface area contributed by atoms with Crippen LogP contribution in [-0.2, 0) is 61.0 Å². The lowest BCUT2D eigenvalue weighted by molar-refractivity contribution is -0.144. The molecule has 2 heterocycles. The molecule has 2 aliphatic heterocycles. The van der Waals surface area contributed by atoms with Crippen LogP contribution >= 0.6 is 0 Å². The minimum absolute atomic E-state index is 0.0970. The minimum atomic E-state index is -1.05. The molecule has 1 saturated carbocycles. The Labute approximate surface area is 427 Å². The molecule has 3 aliphatic rings. The number of benzene rings is 2. The van der Waals surface area contributed by atoms with Crippen LogP contribution in [0.1, 0.15) is 84.3 Å². The highest BCUT2D eigenvalue weighted by Crippen LogP contribution is 2.27. The Morgan fingerprint density at radius 1 is 0.658 bits per heavy atom. The zero-order valence-corrected chi connectivity index (χ0v) is 43.0. The molecular weight excluding hydrogens is 939 g/mol. The number of hydrogen-bond acceptors (Lipinski definition) is 12. The van der Waals surface area contributed by atoms with Crippen molar-refractivity contribution < 1.29 is 47.9 Å². The fraction of sp³-hybridized carbons (Fsp3) is 0.500. The Balaban J connectivity index is 0.000000317. The van der Waals surface area contributed by atoms with Gasteiger partial charge >= 0.3 is 0 Å². The van der Waals surface area contributed by atoms with Gasteiger partial charge in [-0.1, -0.05) is 58.2 Å². The molecule has 2 saturated heterocycles. The second kappa shape index (κ2) is 27.5. The normalized spacial score (nSPS) is 17.9. The average Bonchev–Trinajstić information content (AvgIpc) is 4.07. The van der Waals surface area contributed by atoms with Gasteiger partial charge in [0.25, 0.3) is 0 Å². The smallest absolute Gasteiger partial charge is 0.247 e. The number of ketones is 1. The number of carbonyl (C=O) groups excluding carboxylic acids is 10. The van der Waals surface area contributed by atoms with Crippen molar-refractivity contribution in [2.24, 2.45) is 11.3 Å². The van der Waals surface area contributed by atoms with Crippen LogP contribution in [0.2, 0.25) is 0 Å². The van der Waals surface area contributed by atoms with Crippen molar-refractivity contribution in [1.82, 2.24) is 47.0 Å². The van der Waals surface area contributed by atoms with Gasteiger partial charge in [0, 0.05) is 56.9 Å². The Bertz CT molecular complexity index is 2380. The molecule has 0 spiro atoms. The molecule has 396 valence electrons. The lowest BCUT2D eigenvalue weighted by Crippen LogP contribution is -2.59. The van der Waals surface area contributed by atoms with Gasteiger partial charge in [-0.2, -0.15) is 0 Å². The highest BCUT2D eigenvalue weighted by molar-refractivity contribution is 6.02. The van der Waals surface area contributed by atoms with Crippen molar-refractivity contribution in [3.8, 4) is 0 Å². The monoisotopic (exact) mass is 1010 g/mol. The van der Waals surface area contributed by atoms with Crippen LogP contribution in [0.5, 0.6) is 0 Å². The summed E-state index contributed by atoms with van der Waals surface area (Å²) < 4.78 is 0. The van der Waals surface area contributed by atoms with Gasteiger partial charge in [-0.25, -0.2) is 0 Å². The van der Waals surface area contributed by atoms with Crippen LogP contribution in [0, 0.1) is 11.3 Å². The number of likely N-dealkylation sites (tertiary alicyclic amines) is 2. The van der Waals surface area contributed by atoms with Gasteiger partial charge in [0.05, 0.1) is 18.0 Å². The number of nitrogens with zero attached hydrogens (tertiary/aromatic N) is 2. The van der Waals surface area contributed by atoms with Gasteiger partial charge in [-0.3, -0.25) is 47.9 Å². The topological polar surface area (TPSA) is 285 Å². The van der Waals surface area contributed by atoms with E-state index in [1.807, 2.05) is 26.8 Å². The summed E-state index contributed by atoms with van der Waals surface area (Å²) in [4.78, 5) is 127. The first-order valence-electron chi connectivity index (χ1n) is 24.6. The van der Waals surface area contributed by atoms with E-state index >= 15 is 0 Å². The summed E-state index contributed by atoms with van der Waals surface area (Å²) in [6, 6.07) is 10.0. The molecule has 73 heavy (non-hydrogen) atoms. The van der Waals surface area contributed by atoms with Crippen molar-refractivity contribution in [3.05, 3.63) is 85.0 Å². The predicted molar refractivity (Wildman–Crippen MR) is 275 cm³/mol. The Morgan fingerprint density at radius 2 is 1.14 bits per heavy atom. The molecule has 0 bridgehead atoms. The number of amides is 9. The second-order valence-corrected chi connectivity index (χ2v) is 19.4. The lowest BCUT2D eigenvalue weighted by Gasteiger charge is -2.36. The molecular formula is C52H73N11O10. The van der Waals surface area contributed by atoms with Crippen LogP contribution < -0.4 is 47.9 Å². The van der Waals surface area contributed by atoms with E-state index in [0.717, 1.165) is 23.3 Å². The molecule has 2 aromatic carbocycles. The maximum absolute atomic E-state index is 13.5. The maximum Gasteiger partial charge on any atom is 0.247 e. The van der Waals surface area contributed by atoms with E-state index in [9.17, 15) is 47.9 Å². The van der Waals surface area contributed by atoms with Crippen LogP contribution in [0.25, 0.3) is 0 Å². The number of rotatable bonds is 21. The Morgan fingerprint density at radius 3 is 1.60 bits per heavy atom. The largest absolute Gasteiger partial charge is 0.350 e. The van der Waals surface area contributed by atoms with Crippen molar-refractivity contribution in [2.45, 2.75) is 122 Å². The number of likely N-dealkylation sites (N-methyl/N-ethyl adjacent to an activating group) is 2. The number of carbonyl (C=O) groups is 10. The fourth-order valence-corrected chi connectivity index (χ4v) is 8.17. The van der Waals surface area contributed by atoms with Gasteiger partial charge in [0.15, 0.2) is 0 Å². The first-order valence-corrected chi connectivity index (χ1v) is 24.6. The van der Waals surface area contributed by atoms with Crippen LogP contribution in [0.3, 0.4) is 0 Å². The van der Waals surface area contributed by atoms with Crippen LogP contribution in [-0.4, -0.2) is 139 Å². The van der Waals surface area contributed by atoms with Gasteiger partial charge < -0.3 is 57.7 Å². The third-order valence-corrected chi connectivity index (χ3v) is 12.8. The Kier molecular flexibility index (Phi) is 22.0. The molecule has 0 aromatic heterocycles. The van der Waals surface area contributed by atoms with Crippen molar-refractivity contribution in [3.63, 3.8) is 0 Å². The first kappa shape index (κ1) is 58.3. The predicted octanol–water partition coefficient (Wildman–Crippen LogP) is 1.16. The third-order valence-electron chi connectivity index (χ3n) is 12.8. The first-order chi connectivity index (χ1) is 34.6. The fourth-order valence-electron chi connectivity index (χ4n) is 8.17. The number of nitrogens with one attached hydrogen (secondary N) is 9. The van der Waals surface area contributed by atoms with Gasteiger partial charge in [0.2, 0.25) is 53.2 Å². The van der Waals surface area contributed by atoms with E-state index in [-0.39, 0.29) is 79.6 Å². The van der Waals surface area contributed by atoms with Gasteiger partial charge in [-0.05, 0) is 107 Å². The maximum atomic E-state index is 13.5. The standard InChI is InChI=1S/C27H39N5O5.C25H34N6O5/c1-16(28-5)23(34)31-22(27(2,3)4)26(37)32-11-7-10-21(32)25(36)29-15-17-8-6-9-19(12-17)30-24(35)18-13-20(33)14-18;1-5-21(32)27-15-19(30-23(34)16(3)26-4)25(36)31-12-8-11-20(31)24(35)28-14-17-9-7-10-18(13-17)29-22(33)6-2/h6,8-9,12,16,18,21-22,28H,7,10-11,13-15H2,1-5H3,(H,29,36)(H,30,35)(H,31,34);5-7,9-10,13,16,19-20,26H,1-2,8,11-12,14-15H2,3-4H3,(H,27,32)(H,28,35)(H,29,33)(H,30,34)/t16-,21-,22+;16-,19-,20-/m00/s1. The summed E-state index contributed by atoms with van der Waals surface area (Å²) in [5.74, 6) is -3.16. The van der Waals surface area contributed by atoms with E-state index in [1.165, 1.54) is 4.90 Å². The summed E-state index contributed by atoms with van der Waals surface area (Å²) in [7, 11) is 3.30. The second-order valence-electron chi connectivity index (χ2n) is 19.4. The van der Waals surface area contributed by atoms with Crippen LogP contribution in [0.15, 0.2) is 73.8 Å². The van der Waals surface area contributed by atoms with Crippen molar-refractivity contribution in [2.75, 3.05) is 44.4 Å². The molecule has 21 nitrogen and oxygen atoms in total. The molecule has 0 radical (unpaired) electrons. The highest BCUT2D eigenvalue weighted by Gasteiger charge is 2.43. The van der Waals surface area contributed by atoms with Crippen molar-refractivity contribution in [1.29, 1.82) is 0 Å². The van der Waals surface area contributed by atoms with E-state index < -0.39 is 59.4 Å². The molecule has 9 amide bonds. The van der Waals surface area contributed by atoms with E-state index in [0.29, 0.717) is 50.1 Å². The summed E-state index contributed by atoms with van der Waals surface area (Å²) in [6.07, 6.45) is 5.15. The zero-order valence-electron chi connectivity index (χ0n) is 43.0. The summed E-state index contributed by atoms with van der Waals surface area (Å²) >= 11 is 0. The average molecular weight is 1010 g/mol. The minimum Gasteiger partial charge on any atom is -0.350 e. The molecule has 0 unspecified atom stereocenters. The van der Waals surface area contributed by atoms with E-state index in [4.69, 9.17) is 0 Å². The highest BCUT2D eigenvalue weighted by atomic mass is 16.2. The van der Waals surface area contributed by atoms with E-state index in [1.54, 1.807) is 75.3 Å². The molecule has 5 rings (SSSR count). The number of anilines is 2. The lowest BCUT2D eigenvalue weighted by atomic mass is 9.83. The summed E-state index contributed by atoms with van der Waals surface area (Å²) in [6.45, 7) is 16.9. The quantitative estimate of drug-likeness (QED) is 0.0798. The van der Waals surface area contributed by atoms with E-state index in [2.05, 4.69) is 61.0 Å². The van der Waals surface area contributed by atoms with Gasteiger partial charge in [-0.15, -0.1) is 0 Å². The Hall–Kier alpha value is -7.26. The molecule has 6 atom stereocenters. The van der Waals surface area contributed by atoms with Crippen molar-refractivity contribution >= 4 is 70.3 Å². The molecule has 21 heteroatoms. The molecule has 9 N–H and O–H groups in total. The third kappa shape index (κ3) is 17.2. The molecule has 1 aliphatic carbocycles. The van der Waals surface area contributed by atoms with Crippen LogP contribution in [0.4, 0.5) is 11.4 Å². The zero-order chi connectivity index (χ0) is 54.0. The number of Topliss-reactive ketones (excluding diaryl/α,β-unsaturated/α-hetero) is 1. The summed E-state index contributed by atoms with van der Waals surface area (Å²) in [5, 5.41) is 25.0.